The van der Waals surface area contributed by atoms with E-state index < -0.39 is 5.60 Å². The van der Waals surface area contributed by atoms with Crippen LogP contribution in [0.2, 0.25) is 0 Å². The van der Waals surface area contributed by atoms with Gasteiger partial charge in [-0.15, -0.1) is 0 Å². The van der Waals surface area contributed by atoms with Crippen LogP contribution in [-0.4, -0.2) is 55.6 Å². The third-order valence-electron chi connectivity index (χ3n) is 4.51. The van der Waals surface area contributed by atoms with E-state index in [9.17, 15) is 9.59 Å². The summed E-state index contributed by atoms with van der Waals surface area (Å²) in [4.78, 5) is 26.1. The number of hydrogen-bond acceptors (Lipinski definition) is 5. The minimum atomic E-state index is -0.631. The predicted molar refractivity (Wildman–Crippen MR) is 82.6 cm³/mol. The lowest BCUT2D eigenvalue weighted by atomic mass is 9.87. The highest BCUT2D eigenvalue weighted by Crippen LogP contribution is 2.33. The Morgan fingerprint density at radius 1 is 1.26 bits per heavy atom. The minimum Gasteiger partial charge on any atom is -0.497 e. The van der Waals surface area contributed by atoms with Crippen molar-refractivity contribution in [1.82, 2.24) is 4.90 Å². The molecule has 0 radical (unpaired) electrons. The summed E-state index contributed by atoms with van der Waals surface area (Å²) in [5.41, 5.74) is -0.631. The Morgan fingerprint density at radius 3 is 2.61 bits per heavy atom. The van der Waals surface area contributed by atoms with E-state index in [4.69, 9.17) is 14.2 Å². The van der Waals surface area contributed by atoms with E-state index >= 15 is 0 Å². The van der Waals surface area contributed by atoms with Crippen molar-refractivity contribution in [3.8, 4) is 11.5 Å². The number of ketones is 1. The van der Waals surface area contributed by atoms with Crippen LogP contribution < -0.4 is 9.47 Å². The molecule has 1 aromatic rings. The average Bonchev–Trinajstić information content (AvgIpc) is 3.05. The van der Waals surface area contributed by atoms with Crippen LogP contribution in [0.25, 0.3) is 0 Å². The molecule has 0 aliphatic carbocycles. The number of hydrogen-bond donors (Lipinski definition) is 0. The van der Waals surface area contributed by atoms with Gasteiger partial charge in [-0.25, -0.2) is 0 Å². The molecule has 0 saturated carbocycles. The van der Waals surface area contributed by atoms with Gasteiger partial charge in [0, 0.05) is 19.6 Å². The summed E-state index contributed by atoms with van der Waals surface area (Å²) in [5.74, 6) is 1.16. The number of carbonyl (C=O) groups is 2. The van der Waals surface area contributed by atoms with E-state index in [1.807, 2.05) is 0 Å². The van der Waals surface area contributed by atoms with Crippen LogP contribution in [-0.2, 0) is 14.3 Å². The lowest BCUT2D eigenvalue weighted by Gasteiger charge is -2.37. The predicted octanol–water partition coefficient (Wildman–Crippen LogP) is 1.42. The number of carbonyl (C=O) groups excluding carboxylic acids is 2. The van der Waals surface area contributed by atoms with Gasteiger partial charge in [0.1, 0.15) is 17.1 Å². The number of ether oxygens (including phenoxy) is 3. The Balaban J connectivity index is 1.51. The van der Waals surface area contributed by atoms with Crippen molar-refractivity contribution in [2.45, 2.75) is 24.9 Å². The van der Waals surface area contributed by atoms with Crippen molar-refractivity contribution in [2.75, 3.05) is 33.4 Å². The summed E-state index contributed by atoms with van der Waals surface area (Å²) >= 11 is 0. The van der Waals surface area contributed by atoms with Gasteiger partial charge in [0.15, 0.2) is 12.4 Å². The van der Waals surface area contributed by atoms with E-state index in [1.54, 1.807) is 36.3 Å². The molecule has 1 atom stereocenters. The standard InChI is InChI=1S/C17H21NO5/c1-21-13-3-5-14(6-4-13)22-12-16(20)18-9-8-17(15(19)11-18)7-2-10-23-17/h3-6H,2,7-12H2,1H3/t17-/m1/s1. The second-order valence-corrected chi connectivity index (χ2v) is 5.90. The maximum Gasteiger partial charge on any atom is 0.260 e. The lowest BCUT2D eigenvalue weighted by molar-refractivity contribution is -0.153. The highest BCUT2D eigenvalue weighted by molar-refractivity contribution is 5.93. The Kier molecular flexibility index (Phi) is 4.52. The molecule has 0 bridgehead atoms. The van der Waals surface area contributed by atoms with Crippen molar-refractivity contribution in [3.05, 3.63) is 24.3 Å². The van der Waals surface area contributed by atoms with Crippen LogP contribution in [0.3, 0.4) is 0 Å². The van der Waals surface area contributed by atoms with Crippen molar-refractivity contribution < 1.29 is 23.8 Å². The minimum absolute atomic E-state index is 0.0130. The number of nitrogens with zero attached hydrogens (tertiary/aromatic N) is 1. The first-order valence-corrected chi connectivity index (χ1v) is 7.85. The zero-order valence-corrected chi connectivity index (χ0v) is 13.2. The normalized spacial score (nSPS) is 24.0. The molecule has 2 saturated heterocycles. The number of piperidine rings is 1. The maximum absolute atomic E-state index is 12.3. The number of methoxy groups -OCH3 is 1. The third-order valence-corrected chi connectivity index (χ3v) is 4.51. The van der Waals surface area contributed by atoms with E-state index in [-0.39, 0.29) is 24.8 Å². The first-order valence-electron chi connectivity index (χ1n) is 7.85. The number of likely N-dealkylation sites (tertiary alicyclic amines) is 1. The zero-order chi connectivity index (χ0) is 16.3. The largest absolute Gasteiger partial charge is 0.497 e. The second kappa shape index (κ2) is 6.58. The van der Waals surface area contributed by atoms with Crippen LogP contribution in [0.5, 0.6) is 11.5 Å². The number of benzene rings is 1. The van der Waals surface area contributed by atoms with Gasteiger partial charge in [-0.05, 0) is 37.1 Å². The van der Waals surface area contributed by atoms with E-state index in [1.165, 1.54) is 0 Å². The first-order chi connectivity index (χ1) is 11.1. The molecule has 0 N–H and O–H groups in total. The zero-order valence-electron chi connectivity index (χ0n) is 13.2. The summed E-state index contributed by atoms with van der Waals surface area (Å²) in [7, 11) is 1.59. The third kappa shape index (κ3) is 3.32. The number of Topliss-reactive ketones (excluding diaryl/α,β-unsaturated/α-hetero) is 1. The highest BCUT2D eigenvalue weighted by Gasteiger charge is 2.46. The van der Waals surface area contributed by atoms with Crippen molar-refractivity contribution in [2.24, 2.45) is 0 Å². The van der Waals surface area contributed by atoms with Crippen molar-refractivity contribution in [1.29, 1.82) is 0 Å². The first kappa shape index (κ1) is 15.8. The Labute approximate surface area is 135 Å². The van der Waals surface area contributed by atoms with Gasteiger partial charge in [0.2, 0.25) is 0 Å². The molecule has 1 aromatic carbocycles. The van der Waals surface area contributed by atoms with Crippen LogP contribution in [0, 0.1) is 0 Å². The molecule has 124 valence electrons. The van der Waals surface area contributed by atoms with Gasteiger partial charge in [0.05, 0.1) is 13.7 Å². The fourth-order valence-corrected chi connectivity index (χ4v) is 3.09. The fraction of sp³-hybridized carbons (Fsp3) is 0.529. The van der Waals surface area contributed by atoms with Gasteiger partial charge in [0.25, 0.3) is 5.91 Å². The fourth-order valence-electron chi connectivity index (χ4n) is 3.09. The summed E-state index contributed by atoms with van der Waals surface area (Å²) in [6.07, 6.45) is 2.27. The Hall–Kier alpha value is -2.08. The molecule has 3 rings (SSSR count). The van der Waals surface area contributed by atoms with Crippen LogP contribution in [0.4, 0.5) is 0 Å². The SMILES string of the molecule is COc1ccc(OCC(=O)N2CC[C@]3(CCCO3)C(=O)C2)cc1. The average molecular weight is 319 g/mol. The van der Waals surface area contributed by atoms with Gasteiger partial charge in [-0.3, -0.25) is 9.59 Å². The van der Waals surface area contributed by atoms with Gasteiger partial charge in [-0.2, -0.15) is 0 Å². The van der Waals surface area contributed by atoms with Crippen LogP contribution in [0.15, 0.2) is 24.3 Å². The maximum atomic E-state index is 12.3. The number of amides is 1. The van der Waals surface area contributed by atoms with Crippen LogP contribution in [0.1, 0.15) is 19.3 Å². The van der Waals surface area contributed by atoms with Gasteiger partial charge in [-0.1, -0.05) is 0 Å². The Bertz CT molecular complexity index is 577. The van der Waals surface area contributed by atoms with Crippen molar-refractivity contribution >= 4 is 11.7 Å². The summed E-state index contributed by atoms with van der Waals surface area (Å²) in [6.45, 7) is 1.22. The monoisotopic (exact) mass is 319 g/mol. The molecule has 1 amide bonds. The summed E-state index contributed by atoms with van der Waals surface area (Å²) < 4.78 is 16.2. The van der Waals surface area contributed by atoms with Gasteiger partial charge >= 0.3 is 0 Å². The summed E-state index contributed by atoms with van der Waals surface area (Å²) in [6, 6.07) is 7.03. The molecule has 23 heavy (non-hydrogen) atoms. The summed E-state index contributed by atoms with van der Waals surface area (Å²) in [5, 5.41) is 0. The molecule has 2 fully saturated rings. The molecular weight excluding hydrogens is 298 g/mol. The highest BCUT2D eigenvalue weighted by atomic mass is 16.5. The molecule has 0 unspecified atom stereocenters. The molecule has 6 heteroatoms. The smallest absolute Gasteiger partial charge is 0.260 e. The van der Waals surface area contributed by atoms with E-state index in [0.717, 1.165) is 18.6 Å². The van der Waals surface area contributed by atoms with E-state index in [0.29, 0.717) is 25.3 Å². The molecular formula is C17H21NO5. The van der Waals surface area contributed by atoms with Crippen LogP contribution >= 0.6 is 0 Å². The van der Waals surface area contributed by atoms with Crippen molar-refractivity contribution in [3.63, 3.8) is 0 Å². The molecule has 6 nitrogen and oxygen atoms in total. The van der Waals surface area contributed by atoms with E-state index in [2.05, 4.69) is 0 Å². The molecule has 0 aromatic heterocycles. The Morgan fingerprint density at radius 2 is 2.00 bits per heavy atom. The molecule has 2 aliphatic heterocycles. The lowest BCUT2D eigenvalue weighted by Crippen LogP contribution is -2.54. The number of rotatable bonds is 4. The molecule has 1 spiro atoms. The van der Waals surface area contributed by atoms with Gasteiger partial charge < -0.3 is 19.1 Å². The topological polar surface area (TPSA) is 65.1 Å². The molecule has 2 aliphatic rings. The second-order valence-electron chi connectivity index (χ2n) is 5.90. The molecule has 2 heterocycles. The quantitative estimate of drug-likeness (QED) is 0.840.